The van der Waals surface area contributed by atoms with E-state index < -0.39 is 18.5 Å². The highest BCUT2D eigenvalue weighted by Crippen LogP contribution is 2.29. The van der Waals surface area contributed by atoms with Crippen LogP contribution < -0.4 is 20.0 Å². The third-order valence-corrected chi connectivity index (χ3v) is 4.31. The summed E-state index contributed by atoms with van der Waals surface area (Å²) in [4.78, 5) is 22.6. The molecule has 0 heterocycles. The fourth-order valence-electron chi connectivity index (χ4n) is 2.77. The van der Waals surface area contributed by atoms with Gasteiger partial charge in [0.15, 0.2) is 6.61 Å². The molecule has 7 heteroatoms. The second kappa shape index (κ2) is 10.6. The number of ether oxygens (including phenoxy) is 2. The van der Waals surface area contributed by atoms with E-state index in [1.165, 1.54) is 0 Å². The molecule has 0 saturated heterocycles. The summed E-state index contributed by atoms with van der Waals surface area (Å²) >= 11 is 0. The largest absolute Gasteiger partial charge is 0.546 e. The van der Waals surface area contributed by atoms with Crippen LogP contribution in [0.25, 0.3) is 11.1 Å². The minimum atomic E-state index is -1.29. The molecule has 0 aliphatic carbocycles. The standard InChI is InChI=1S/C24H22N2O5/c1-17(18-11-13-20(14-12-18)30-16-24(28)29)25-26-23(27)15-31-22-10-6-5-9-21(22)19-7-3-2-4-8-19/h2-14H,15-16H2,1H3,(H,26,27)(H,28,29)/p-1/b25-17-. The van der Waals surface area contributed by atoms with E-state index in [4.69, 9.17) is 9.47 Å². The Morgan fingerprint density at radius 3 is 2.26 bits per heavy atom. The van der Waals surface area contributed by atoms with Gasteiger partial charge in [0.25, 0.3) is 5.91 Å². The number of benzene rings is 3. The number of hydrogen-bond donors (Lipinski definition) is 1. The molecule has 0 unspecified atom stereocenters. The maximum Gasteiger partial charge on any atom is 0.277 e. The molecule has 1 amide bonds. The minimum absolute atomic E-state index is 0.184. The molecule has 3 rings (SSSR count). The van der Waals surface area contributed by atoms with Crippen molar-refractivity contribution < 1.29 is 24.2 Å². The van der Waals surface area contributed by atoms with Gasteiger partial charge in [0, 0.05) is 5.56 Å². The number of carbonyl (C=O) groups excluding carboxylic acids is 2. The van der Waals surface area contributed by atoms with Gasteiger partial charge in [0.05, 0.1) is 11.7 Å². The smallest absolute Gasteiger partial charge is 0.277 e. The number of carbonyl (C=O) groups is 2. The number of nitrogens with one attached hydrogen (secondary N) is 1. The number of carboxylic acid groups (broad SMARTS) is 1. The summed E-state index contributed by atoms with van der Waals surface area (Å²) in [5.41, 5.74) is 5.69. The lowest BCUT2D eigenvalue weighted by Gasteiger charge is -2.11. The zero-order chi connectivity index (χ0) is 22.1. The van der Waals surface area contributed by atoms with Crippen molar-refractivity contribution in [2.75, 3.05) is 13.2 Å². The first-order valence-electron chi connectivity index (χ1n) is 9.56. The van der Waals surface area contributed by atoms with Crippen LogP contribution in [0.5, 0.6) is 11.5 Å². The number of nitrogens with zero attached hydrogens (tertiary/aromatic N) is 1. The summed E-state index contributed by atoms with van der Waals surface area (Å²) in [6.07, 6.45) is 0. The highest BCUT2D eigenvalue weighted by atomic mass is 16.5. The molecule has 0 aliphatic rings. The first-order valence-corrected chi connectivity index (χ1v) is 9.56. The third-order valence-electron chi connectivity index (χ3n) is 4.31. The van der Waals surface area contributed by atoms with Crippen molar-refractivity contribution in [1.29, 1.82) is 0 Å². The zero-order valence-electron chi connectivity index (χ0n) is 16.9. The average Bonchev–Trinajstić information content (AvgIpc) is 2.81. The van der Waals surface area contributed by atoms with E-state index in [-0.39, 0.29) is 6.61 Å². The van der Waals surface area contributed by atoms with Crippen LogP contribution in [0.3, 0.4) is 0 Å². The number of aliphatic carboxylic acids is 1. The van der Waals surface area contributed by atoms with E-state index in [0.717, 1.165) is 16.7 Å². The van der Waals surface area contributed by atoms with Gasteiger partial charge < -0.3 is 19.4 Å². The molecule has 0 saturated carbocycles. The molecule has 0 radical (unpaired) electrons. The topological polar surface area (TPSA) is 100 Å². The quantitative estimate of drug-likeness (QED) is 0.426. The van der Waals surface area contributed by atoms with Crippen molar-refractivity contribution in [3.63, 3.8) is 0 Å². The van der Waals surface area contributed by atoms with Crippen molar-refractivity contribution in [2.45, 2.75) is 6.92 Å². The Labute approximate surface area is 179 Å². The molecule has 0 spiro atoms. The van der Waals surface area contributed by atoms with Gasteiger partial charge in [-0.3, -0.25) is 4.79 Å². The summed E-state index contributed by atoms with van der Waals surface area (Å²) in [6.45, 7) is 1.04. The summed E-state index contributed by atoms with van der Waals surface area (Å²) in [6, 6.07) is 23.9. The molecule has 0 aliphatic heterocycles. The summed E-state index contributed by atoms with van der Waals surface area (Å²) < 4.78 is 10.7. The summed E-state index contributed by atoms with van der Waals surface area (Å²) in [5, 5.41) is 14.5. The average molecular weight is 417 g/mol. The molecule has 0 atom stereocenters. The van der Waals surface area contributed by atoms with Crippen molar-refractivity contribution in [3.05, 3.63) is 84.4 Å². The highest BCUT2D eigenvalue weighted by molar-refractivity contribution is 5.99. The van der Waals surface area contributed by atoms with Gasteiger partial charge in [-0.05, 0) is 48.4 Å². The van der Waals surface area contributed by atoms with E-state index >= 15 is 0 Å². The van der Waals surface area contributed by atoms with Gasteiger partial charge in [0.2, 0.25) is 0 Å². The SMILES string of the molecule is C/C(=N/NC(=O)COc1ccccc1-c1ccccc1)c1ccc(OCC(=O)[O-])cc1. The van der Waals surface area contributed by atoms with E-state index in [1.54, 1.807) is 31.2 Å². The first-order chi connectivity index (χ1) is 15.0. The Balaban J connectivity index is 1.56. The Morgan fingerprint density at radius 1 is 0.871 bits per heavy atom. The molecule has 3 aromatic carbocycles. The van der Waals surface area contributed by atoms with E-state index in [2.05, 4.69) is 10.5 Å². The van der Waals surface area contributed by atoms with Gasteiger partial charge >= 0.3 is 0 Å². The second-order valence-electron chi connectivity index (χ2n) is 6.57. The predicted octanol–water partition coefficient (Wildman–Crippen LogP) is 2.40. The Morgan fingerprint density at radius 2 is 1.55 bits per heavy atom. The van der Waals surface area contributed by atoms with E-state index in [9.17, 15) is 14.7 Å². The molecule has 0 aromatic heterocycles. The molecule has 1 N–H and O–H groups in total. The van der Waals surface area contributed by atoms with Gasteiger partial charge in [-0.1, -0.05) is 48.5 Å². The number of hydrogen-bond acceptors (Lipinski definition) is 6. The number of hydrazone groups is 1. The monoisotopic (exact) mass is 417 g/mol. The lowest BCUT2D eigenvalue weighted by atomic mass is 10.1. The van der Waals surface area contributed by atoms with Crippen LogP contribution in [0.4, 0.5) is 0 Å². The number of rotatable bonds is 9. The van der Waals surface area contributed by atoms with Gasteiger partial charge in [0.1, 0.15) is 18.1 Å². The summed E-state index contributed by atoms with van der Waals surface area (Å²) in [7, 11) is 0. The van der Waals surface area contributed by atoms with Gasteiger partial charge in [-0.15, -0.1) is 0 Å². The first kappa shape index (κ1) is 21.6. The van der Waals surface area contributed by atoms with Crippen molar-refractivity contribution in [1.82, 2.24) is 5.43 Å². The minimum Gasteiger partial charge on any atom is -0.546 e. The fraction of sp³-hybridized carbons (Fsp3) is 0.125. The third kappa shape index (κ3) is 6.43. The fourth-order valence-corrected chi connectivity index (χ4v) is 2.77. The lowest BCUT2D eigenvalue weighted by Crippen LogP contribution is -2.28. The maximum absolute atomic E-state index is 12.2. The van der Waals surface area contributed by atoms with Crippen LogP contribution in [0.15, 0.2) is 84.0 Å². The molecule has 7 nitrogen and oxygen atoms in total. The number of amides is 1. The molecule has 158 valence electrons. The van der Waals surface area contributed by atoms with Crippen molar-refractivity contribution in [2.24, 2.45) is 5.10 Å². The molecular weight excluding hydrogens is 396 g/mol. The van der Waals surface area contributed by atoms with Crippen LogP contribution in [0.2, 0.25) is 0 Å². The summed E-state index contributed by atoms with van der Waals surface area (Å²) in [5.74, 6) is -0.679. The number of para-hydroxylation sites is 1. The lowest BCUT2D eigenvalue weighted by molar-refractivity contribution is -0.307. The second-order valence-corrected chi connectivity index (χ2v) is 6.57. The highest BCUT2D eigenvalue weighted by Gasteiger charge is 2.08. The van der Waals surface area contributed by atoms with Crippen LogP contribution >= 0.6 is 0 Å². The molecule has 0 fully saturated rings. The van der Waals surface area contributed by atoms with Gasteiger partial charge in [-0.25, -0.2) is 5.43 Å². The van der Waals surface area contributed by atoms with Crippen molar-refractivity contribution in [3.8, 4) is 22.6 Å². The van der Waals surface area contributed by atoms with Crippen LogP contribution in [0, 0.1) is 0 Å². The molecule has 0 bridgehead atoms. The van der Waals surface area contributed by atoms with E-state index in [0.29, 0.717) is 17.2 Å². The Kier molecular flexibility index (Phi) is 7.37. The molecule has 3 aromatic rings. The van der Waals surface area contributed by atoms with Crippen LogP contribution in [-0.2, 0) is 9.59 Å². The zero-order valence-corrected chi connectivity index (χ0v) is 16.9. The van der Waals surface area contributed by atoms with Crippen LogP contribution in [-0.4, -0.2) is 30.8 Å². The molecular formula is C24H21N2O5-. The Bertz CT molecular complexity index is 1060. The van der Waals surface area contributed by atoms with Crippen LogP contribution in [0.1, 0.15) is 12.5 Å². The maximum atomic E-state index is 12.2. The Hall–Kier alpha value is -4.13. The normalized spacial score (nSPS) is 10.9. The van der Waals surface area contributed by atoms with Gasteiger partial charge in [-0.2, -0.15) is 5.10 Å². The van der Waals surface area contributed by atoms with Crippen molar-refractivity contribution >= 4 is 17.6 Å². The number of carboxylic acids is 1. The van der Waals surface area contributed by atoms with E-state index in [1.807, 2.05) is 54.6 Å². The molecule has 31 heavy (non-hydrogen) atoms. The predicted molar refractivity (Wildman–Crippen MR) is 115 cm³/mol.